The van der Waals surface area contributed by atoms with Crippen molar-refractivity contribution in [2.45, 2.75) is 51.0 Å². The molecular formula is C18H28N2O. The molecule has 0 bridgehead atoms. The average molecular weight is 288 g/mol. The van der Waals surface area contributed by atoms with Crippen LogP contribution in [0.3, 0.4) is 0 Å². The van der Waals surface area contributed by atoms with Crippen molar-refractivity contribution in [3.8, 4) is 0 Å². The number of nitrogens with zero attached hydrogens (tertiary/aromatic N) is 1. The summed E-state index contributed by atoms with van der Waals surface area (Å²) in [5, 5.41) is 0. The van der Waals surface area contributed by atoms with Crippen molar-refractivity contribution in [2.24, 2.45) is 11.7 Å². The maximum atomic E-state index is 12.4. The van der Waals surface area contributed by atoms with Gasteiger partial charge in [-0.3, -0.25) is 4.79 Å². The van der Waals surface area contributed by atoms with Gasteiger partial charge in [-0.15, -0.1) is 0 Å². The number of aryl methyl sites for hydroxylation is 1. The lowest BCUT2D eigenvalue weighted by Crippen LogP contribution is -2.45. The van der Waals surface area contributed by atoms with E-state index in [0.717, 1.165) is 19.3 Å². The van der Waals surface area contributed by atoms with Crippen molar-refractivity contribution in [3.63, 3.8) is 0 Å². The summed E-state index contributed by atoms with van der Waals surface area (Å²) in [4.78, 5) is 14.4. The Morgan fingerprint density at radius 2 is 1.95 bits per heavy atom. The van der Waals surface area contributed by atoms with Crippen LogP contribution in [0.15, 0.2) is 30.3 Å². The quantitative estimate of drug-likeness (QED) is 0.874. The molecule has 0 aromatic heterocycles. The van der Waals surface area contributed by atoms with Gasteiger partial charge in [0.2, 0.25) is 5.91 Å². The molecule has 116 valence electrons. The van der Waals surface area contributed by atoms with Gasteiger partial charge in [-0.2, -0.15) is 0 Å². The Bertz CT molecular complexity index is 432. The lowest BCUT2D eigenvalue weighted by Gasteiger charge is -2.37. The Morgan fingerprint density at radius 1 is 1.24 bits per heavy atom. The standard InChI is InChI=1S/C18H28N2O/c1-20(17-12-6-5-11-16(17)14-19)18(21)13-7-10-15-8-3-2-4-9-15/h2-4,8-9,16-17H,5-7,10-14,19H2,1H3. The van der Waals surface area contributed by atoms with Gasteiger partial charge in [-0.1, -0.05) is 43.2 Å². The molecule has 0 radical (unpaired) electrons. The first kappa shape index (κ1) is 16.0. The lowest BCUT2D eigenvalue weighted by molar-refractivity contribution is -0.133. The third-order valence-electron chi connectivity index (χ3n) is 4.76. The molecule has 1 fully saturated rings. The number of hydrogen-bond acceptors (Lipinski definition) is 2. The normalized spacial score (nSPS) is 22.0. The van der Waals surface area contributed by atoms with Gasteiger partial charge in [0.15, 0.2) is 0 Å². The van der Waals surface area contributed by atoms with Crippen molar-refractivity contribution in [1.82, 2.24) is 4.90 Å². The van der Waals surface area contributed by atoms with Crippen LogP contribution in [0.25, 0.3) is 0 Å². The van der Waals surface area contributed by atoms with Crippen LogP contribution >= 0.6 is 0 Å². The predicted molar refractivity (Wildman–Crippen MR) is 87.0 cm³/mol. The topological polar surface area (TPSA) is 46.3 Å². The van der Waals surface area contributed by atoms with Crippen LogP contribution in [0.1, 0.15) is 44.1 Å². The van der Waals surface area contributed by atoms with Gasteiger partial charge in [-0.05, 0) is 43.7 Å². The van der Waals surface area contributed by atoms with Crippen molar-refractivity contribution in [3.05, 3.63) is 35.9 Å². The second kappa shape index (κ2) is 8.18. The SMILES string of the molecule is CN(C(=O)CCCc1ccccc1)C1CCCCC1CN. The van der Waals surface area contributed by atoms with E-state index in [9.17, 15) is 4.79 Å². The van der Waals surface area contributed by atoms with E-state index in [-0.39, 0.29) is 5.91 Å². The highest BCUT2D eigenvalue weighted by molar-refractivity contribution is 5.76. The molecule has 1 saturated carbocycles. The minimum absolute atomic E-state index is 0.274. The second-order valence-corrected chi connectivity index (χ2v) is 6.19. The van der Waals surface area contributed by atoms with E-state index in [1.165, 1.54) is 24.8 Å². The van der Waals surface area contributed by atoms with E-state index in [1.807, 2.05) is 18.0 Å². The lowest BCUT2D eigenvalue weighted by atomic mass is 9.83. The molecule has 1 aromatic carbocycles. The molecule has 2 unspecified atom stereocenters. The Hall–Kier alpha value is -1.35. The average Bonchev–Trinajstić information content (AvgIpc) is 2.55. The molecule has 21 heavy (non-hydrogen) atoms. The molecule has 2 rings (SSSR count). The number of benzene rings is 1. The van der Waals surface area contributed by atoms with Crippen LogP contribution in [0.4, 0.5) is 0 Å². The summed E-state index contributed by atoms with van der Waals surface area (Å²) >= 11 is 0. The first-order chi connectivity index (χ1) is 10.2. The van der Waals surface area contributed by atoms with E-state index in [4.69, 9.17) is 5.73 Å². The van der Waals surface area contributed by atoms with E-state index >= 15 is 0 Å². The van der Waals surface area contributed by atoms with Gasteiger partial charge in [0.25, 0.3) is 0 Å². The molecule has 0 spiro atoms. The number of nitrogens with two attached hydrogens (primary N) is 1. The van der Waals surface area contributed by atoms with E-state index in [1.54, 1.807) is 0 Å². The monoisotopic (exact) mass is 288 g/mol. The van der Waals surface area contributed by atoms with Crippen molar-refractivity contribution < 1.29 is 4.79 Å². The van der Waals surface area contributed by atoms with Crippen LogP contribution < -0.4 is 5.73 Å². The first-order valence-corrected chi connectivity index (χ1v) is 8.22. The highest BCUT2D eigenvalue weighted by Gasteiger charge is 2.29. The first-order valence-electron chi connectivity index (χ1n) is 8.22. The van der Waals surface area contributed by atoms with Crippen molar-refractivity contribution in [1.29, 1.82) is 0 Å². The fourth-order valence-electron chi connectivity index (χ4n) is 3.42. The molecule has 1 aromatic rings. The molecule has 1 aliphatic rings. The number of carbonyl (C=O) groups excluding carboxylic acids is 1. The van der Waals surface area contributed by atoms with Crippen LogP contribution in [0.5, 0.6) is 0 Å². The predicted octanol–water partition coefficient (Wildman–Crippen LogP) is 2.99. The fraction of sp³-hybridized carbons (Fsp3) is 0.611. The van der Waals surface area contributed by atoms with E-state index in [2.05, 4.69) is 24.3 Å². The minimum atomic E-state index is 0.274. The Labute approximate surface area is 128 Å². The number of carbonyl (C=O) groups is 1. The Morgan fingerprint density at radius 3 is 2.67 bits per heavy atom. The molecule has 2 N–H and O–H groups in total. The zero-order valence-electron chi connectivity index (χ0n) is 13.1. The molecule has 3 heteroatoms. The molecule has 0 aliphatic heterocycles. The van der Waals surface area contributed by atoms with Gasteiger partial charge >= 0.3 is 0 Å². The summed E-state index contributed by atoms with van der Waals surface area (Å²) in [6, 6.07) is 10.7. The summed E-state index contributed by atoms with van der Waals surface area (Å²) < 4.78 is 0. The fourth-order valence-corrected chi connectivity index (χ4v) is 3.42. The number of hydrogen-bond donors (Lipinski definition) is 1. The summed E-state index contributed by atoms with van der Waals surface area (Å²) in [5.41, 5.74) is 7.18. The van der Waals surface area contributed by atoms with Crippen LogP contribution in [0, 0.1) is 5.92 Å². The van der Waals surface area contributed by atoms with Crippen LogP contribution in [0.2, 0.25) is 0 Å². The van der Waals surface area contributed by atoms with E-state index in [0.29, 0.717) is 24.9 Å². The zero-order chi connectivity index (χ0) is 15.1. The van der Waals surface area contributed by atoms with Gasteiger partial charge < -0.3 is 10.6 Å². The smallest absolute Gasteiger partial charge is 0.222 e. The minimum Gasteiger partial charge on any atom is -0.342 e. The third kappa shape index (κ3) is 4.57. The van der Waals surface area contributed by atoms with Gasteiger partial charge in [0.05, 0.1) is 0 Å². The summed E-state index contributed by atoms with van der Waals surface area (Å²) in [5.74, 6) is 0.762. The summed E-state index contributed by atoms with van der Waals surface area (Å²) in [7, 11) is 1.96. The molecule has 0 saturated heterocycles. The number of rotatable bonds is 6. The maximum Gasteiger partial charge on any atom is 0.222 e. The zero-order valence-corrected chi connectivity index (χ0v) is 13.1. The highest BCUT2D eigenvalue weighted by atomic mass is 16.2. The van der Waals surface area contributed by atoms with E-state index < -0.39 is 0 Å². The van der Waals surface area contributed by atoms with Crippen LogP contribution in [-0.4, -0.2) is 30.4 Å². The van der Waals surface area contributed by atoms with Crippen LogP contribution in [-0.2, 0) is 11.2 Å². The largest absolute Gasteiger partial charge is 0.342 e. The second-order valence-electron chi connectivity index (χ2n) is 6.19. The third-order valence-corrected chi connectivity index (χ3v) is 4.76. The Balaban J connectivity index is 1.79. The molecule has 1 aliphatic carbocycles. The van der Waals surface area contributed by atoms with Gasteiger partial charge in [0, 0.05) is 19.5 Å². The highest BCUT2D eigenvalue weighted by Crippen LogP contribution is 2.27. The Kier molecular flexibility index (Phi) is 6.24. The summed E-state index contributed by atoms with van der Waals surface area (Å²) in [6.45, 7) is 0.701. The molecule has 2 atom stereocenters. The van der Waals surface area contributed by atoms with Gasteiger partial charge in [-0.25, -0.2) is 0 Å². The molecule has 1 amide bonds. The maximum absolute atomic E-state index is 12.4. The van der Waals surface area contributed by atoms with Crippen molar-refractivity contribution in [2.75, 3.05) is 13.6 Å². The molecule has 3 nitrogen and oxygen atoms in total. The van der Waals surface area contributed by atoms with Crippen molar-refractivity contribution >= 4 is 5.91 Å². The number of amides is 1. The summed E-state index contributed by atoms with van der Waals surface area (Å²) in [6.07, 6.45) is 7.31. The van der Waals surface area contributed by atoms with Gasteiger partial charge in [0.1, 0.15) is 0 Å². The molecular weight excluding hydrogens is 260 g/mol. The molecule has 0 heterocycles.